The molecule has 0 N–H and O–H groups in total. The highest BCUT2D eigenvalue weighted by atomic mass is 14.9. The van der Waals surface area contributed by atoms with Crippen LogP contribution in [-0.4, -0.2) is 4.57 Å². The molecule has 0 aliphatic rings. The number of benzene rings is 1. The second-order valence-electron chi connectivity index (χ2n) is 3.33. The van der Waals surface area contributed by atoms with Crippen molar-refractivity contribution in [3.8, 4) is 0 Å². The fourth-order valence-electron chi connectivity index (χ4n) is 1.79. The van der Waals surface area contributed by atoms with Gasteiger partial charge in [-0.2, -0.15) is 0 Å². The highest BCUT2D eigenvalue weighted by Crippen LogP contribution is 2.22. The van der Waals surface area contributed by atoms with Gasteiger partial charge in [0, 0.05) is 23.6 Å². The zero-order valence-corrected chi connectivity index (χ0v) is 8.64. The molecule has 1 aromatic heterocycles. The summed E-state index contributed by atoms with van der Waals surface area (Å²) < 4.78 is 2.19. The van der Waals surface area contributed by atoms with Crippen LogP contribution in [0.2, 0.25) is 0 Å². The summed E-state index contributed by atoms with van der Waals surface area (Å²) in [7, 11) is 0. The average molecular weight is 196 g/mol. The molecule has 2 heteroatoms. The molecule has 15 heavy (non-hydrogen) atoms. The van der Waals surface area contributed by atoms with Gasteiger partial charge in [0.05, 0.1) is 6.57 Å². The summed E-state index contributed by atoms with van der Waals surface area (Å²) in [6, 6.07) is 8.26. The fourth-order valence-corrected chi connectivity index (χ4v) is 1.79. The number of rotatable bonds is 2. The van der Waals surface area contributed by atoms with E-state index >= 15 is 0 Å². The van der Waals surface area contributed by atoms with Crippen LogP contribution in [0.5, 0.6) is 0 Å². The molecule has 0 unspecified atom stereocenters. The predicted octanol–water partition coefficient (Wildman–Crippen LogP) is 3.55. The Morgan fingerprint density at radius 1 is 1.40 bits per heavy atom. The predicted molar refractivity (Wildman–Crippen MR) is 63.2 cm³/mol. The Balaban J connectivity index is 2.66. The Morgan fingerprint density at radius 2 is 2.20 bits per heavy atom. The number of aryl methyl sites for hydroxylation is 1. The summed E-state index contributed by atoms with van der Waals surface area (Å²) in [6.07, 6.45) is 5.45. The molecular weight excluding hydrogens is 184 g/mol. The molecule has 2 rings (SSSR count). The average Bonchev–Trinajstić information content (AvgIpc) is 2.65. The topological polar surface area (TPSA) is 9.29 Å². The molecule has 1 aromatic carbocycles. The van der Waals surface area contributed by atoms with Gasteiger partial charge in [0.25, 0.3) is 0 Å². The van der Waals surface area contributed by atoms with E-state index in [0.717, 1.165) is 12.1 Å². The normalized spacial score (nSPS) is 10.9. The first-order valence-electron chi connectivity index (χ1n) is 4.97. The smallest absolute Gasteiger partial charge is 0.154 e. The van der Waals surface area contributed by atoms with Gasteiger partial charge in [-0.25, -0.2) is 4.85 Å². The Labute approximate surface area is 89.3 Å². The first-order valence-corrected chi connectivity index (χ1v) is 4.97. The van der Waals surface area contributed by atoms with E-state index in [1.165, 1.54) is 17.1 Å². The second-order valence-corrected chi connectivity index (χ2v) is 3.33. The van der Waals surface area contributed by atoms with Crippen molar-refractivity contribution >= 4 is 17.0 Å². The van der Waals surface area contributed by atoms with Gasteiger partial charge in [0.2, 0.25) is 0 Å². The van der Waals surface area contributed by atoms with Crippen LogP contribution in [0.15, 0.2) is 36.7 Å². The van der Waals surface area contributed by atoms with Crippen LogP contribution in [0.1, 0.15) is 12.5 Å². The van der Waals surface area contributed by atoms with Crippen LogP contribution in [0.25, 0.3) is 21.8 Å². The van der Waals surface area contributed by atoms with E-state index in [-0.39, 0.29) is 0 Å². The van der Waals surface area contributed by atoms with Gasteiger partial charge >= 0.3 is 0 Å². The number of fused-ring (bicyclic) bond motifs is 1. The summed E-state index contributed by atoms with van der Waals surface area (Å²) >= 11 is 0. The standard InChI is InChI=1S/C13H12N2/c1-3-15-10-11(8-9-14-2)12-6-4-5-7-13(12)15/h4-10H,3H2,1H3/b9-8+. The molecule has 0 bridgehead atoms. The third-order valence-corrected chi connectivity index (χ3v) is 2.49. The van der Waals surface area contributed by atoms with E-state index in [9.17, 15) is 0 Å². The van der Waals surface area contributed by atoms with Crippen LogP contribution >= 0.6 is 0 Å². The van der Waals surface area contributed by atoms with Crippen molar-refractivity contribution in [2.24, 2.45) is 0 Å². The zero-order valence-electron chi connectivity index (χ0n) is 8.64. The molecule has 0 saturated carbocycles. The SMILES string of the molecule is [C-]#[N+]/C=C/c1cn(CC)c2ccccc12. The first-order chi connectivity index (χ1) is 7.36. The van der Waals surface area contributed by atoms with Crippen LogP contribution in [0, 0.1) is 6.57 Å². The first kappa shape index (κ1) is 9.54. The van der Waals surface area contributed by atoms with Crippen molar-refractivity contribution in [3.05, 3.63) is 53.6 Å². The molecule has 0 amide bonds. The van der Waals surface area contributed by atoms with E-state index in [1.807, 2.05) is 18.2 Å². The quantitative estimate of drug-likeness (QED) is 0.650. The van der Waals surface area contributed by atoms with Crippen molar-refractivity contribution in [1.82, 2.24) is 4.57 Å². The van der Waals surface area contributed by atoms with Crippen LogP contribution in [-0.2, 0) is 6.54 Å². The molecule has 0 radical (unpaired) electrons. The van der Waals surface area contributed by atoms with Crippen molar-refractivity contribution in [1.29, 1.82) is 0 Å². The van der Waals surface area contributed by atoms with E-state index < -0.39 is 0 Å². The molecule has 0 aliphatic heterocycles. The van der Waals surface area contributed by atoms with E-state index in [4.69, 9.17) is 6.57 Å². The molecule has 2 nitrogen and oxygen atoms in total. The molecule has 0 aliphatic carbocycles. The monoisotopic (exact) mass is 196 g/mol. The number of aromatic nitrogens is 1. The summed E-state index contributed by atoms with van der Waals surface area (Å²) in [6.45, 7) is 9.81. The third-order valence-electron chi connectivity index (χ3n) is 2.49. The second kappa shape index (κ2) is 4.02. The Bertz CT molecular complexity index is 541. The maximum atomic E-state index is 6.74. The number of para-hydroxylation sites is 1. The lowest BCUT2D eigenvalue weighted by Gasteiger charge is -1.98. The van der Waals surface area contributed by atoms with Crippen LogP contribution in [0.4, 0.5) is 0 Å². The minimum Gasteiger partial charge on any atom is -0.347 e. The molecule has 0 spiro atoms. The highest BCUT2D eigenvalue weighted by Gasteiger charge is 2.03. The molecule has 0 fully saturated rings. The lowest BCUT2D eigenvalue weighted by atomic mass is 10.2. The molecule has 74 valence electrons. The minimum atomic E-state index is 0.951. The highest BCUT2D eigenvalue weighted by molar-refractivity contribution is 5.89. The van der Waals surface area contributed by atoms with Gasteiger partial charge in [0.15, 0.2) is 6.20 Å². The number of hydrogen-bond acceptors (Lipinski definition) is 0. The lowest BCUT2D eigenvalue weighted by Crippen LogP contribution is -1.89. The van der Waals surface area contributed by atoms with E-state index in [0.29, 0.717) is 0 Å². The summed E-state index contributed by atoms with van der Waals surface area (Å²) in [5.74, 6) is 0. The van der Waals surface area contributed by atoms with Gasteiger partial charge in [-0.1, -0.05) is 24.3 Å². The van der Waals surface area contributed by atoms with Gasteiger partial charge in [-0.3, -0.25) is 0 Å². The van der Waals surface area contributed by atoms with Crippen molar-refractivity contribution in [2.45, 2.75) is 13.5 Å². The summed E-state index contributed by atoms with van der Waals surface area (Å²) in [4.78, 5) is 3.23. The number of hydrogen-bond donors (Lipinski definition) is 0. The van der Waals surface area contributed by atoms with Gasteiger partial charge in [-0.05, 0) is 18.6 Å². The minimum absolute atomic E-state index is 0.951. The fraction of sp³-hybridized carbons (Fsp3) is 0.154. The third kappa shape index (κ3) is 1.64. The largest absolute Gasteiger partial charge is 0.347 e. The van der Waals surface area contributed by atoms with Crippen molar-refractivity contribution < 1.29 is 0 Å². The summed E-state index contributed by atoms with van der Waals surface area (Å²) in [5.41, 5.74) is 2.34. The lowest BCUT2D eigenvalue weighted by molar-refractivity contribution is 0.797. The van der Waals surface area contributed by atoms with Gasteiger partial charge in [-0.15, -0.1) is 0 Å². The van der Waals surface area contributed by atoms with E-state index in [1.54, 1.807) is 0 Å². The van der Waals surface area contributed by atoms with Crippen LogP contribution in [0.3, 0.4) is 0 Å². The van der Waals surface area contributed by atoms with E-state index in [2.05, 4.69) is 34.7 Å². The van der Waals surface area contributed by atoms with Crippen LogP contribution < -0.4 is 0 Å². The Kier molecular flexibility index (Phi) is 2.55. The maximum absolute atomic E-state index is 6.74. The van der Waals surface area contributed by atoms with Crippen molar-refractivity contribution in [3.63, 3.8) is 0 Å². The van der Waals surface area contributed by atoms with Gasteiger partial charge < -0.3 is 4.57 Å². The molecule has 0 saturated heterocycles. The maximum Gasteiger partial charge on any atom is 0.154 e. The Hall–Kier alpha value is -2.01. The summed E-state index contributed by atoms with van der Waals surface area (Å²) in [5, 5.41) is 1.21. The molecular formula is C13H12N2. The number of nitrogens with zero attached hydrogens (tertiary/aromatic N) is 2. The van der Waals surface area contributed by atoms with Gasteiger partial charge in [0.1, 0.15) is 0 Å². The Morgan fingerprint density at radius 3 is 2.93 bits per heavy atom. The van der Waals surface area contributed by atoms with Crippen molar-refractivity contribution in [2.75, 3.05) is 0 Å². The molecule has 2 aromatic rings. The molecule has 0 atom stereocenters. The molecule has 1 heterocycles. The zero-order chi connectivity index (χ0) is 10.7.